The highest BCUT2D eigenvalue weighted by molar-refractivity contribution is 6.23. The Morgan fingerprint density at radius 1 is 0.212 bits per heavy atom. The highest BCUT2D eigenvalue weighted by Crippen LogP contribution is 2.46. The second-order valence-electron chi connectivity index (χ2n) is 13.2. The number of hydrogen-bond donors (Lipinski definition) is 0. The van der Waals surface area contributed by atoms with Gasteiger partial charge in [0.15, 0.2) is 0 Å². The van der Waals surface area contributed by atoms with Crippen LogP contribution in [0.15, 0.2) is 194 Å². The summed E-state index contributed by atoms with van der Waals surface area (Å²) in [5.41, 5.74) is 10.1. The van der Waals surface area contributed by atoms with Gasteiger partial charge in [-0.05, 0) is 111 Å². The van der Waals surface area contributed by atoms with Gasteiger partial charge in [-0.25, -0.2) is 0 Å². The third kappa shape index (κ3) is 5.15. The first-order chi connectivity index (χ1) is 25.8. The van der Waals surface area contributed by atoms with Crippen LogP contribution in [0.4, 0.5) is 0 Å². The zero-order chi connectivity index (χ0) is 35.0. The fourth-order valence-corrected chi connectivity index (χ4v) is 8.27. The molecule has 0 bridgehead atoms. The molecule has 246 valence electrons. The average Bonchev–Trinajstić information content (AvgIpc) is 3.23. The molecule has 0 heterocycles. The summed E-state index contributed by atoms with van der Waals surface area (Å²) in [5, 5.41) is 12.7. The van der Waals surface area contributed by atoms with Crippen molar-refractivity contribution in [2.75, 3.05) is 0 Å². The standard InChI is InChI=1S/C50H32.C2H6/c1-3-15-33(16-4-1)47-39-19-7-11-23-43(39)49(44-24-12-8-20-40(44)47)37-29-27-36-32-38(30-28-35(36)31-37)50-45-25-13-9-21-41(45)48(34-17-5-2-6-18-34)42-22-10-14-26-46(42)50;1-2/h1-32H;1-2H3. The summed E-state index contributed by atoms with van der Waals surface area (Å²) in [6, 6.07) is 71.2. The van der Waals surface area contributed by atoms with E-state index < -0.39 is 0 Å². The van der Waals surface area contributed by atoms with E-state index in [-0.39, 0.29) is 0 Å². The summed E-state index contributed by atoms with van der Waals surface area (Å²) in [6.07, 6.45) is 0. The van der Waals surface area contributed by atoms with Gasteiger partial charge in [-0.1, -0.05) is 196 Å². The summed E-state index contributed by atoms with van der Waals surface area (Å²) >= 11 is 0. The minimum absolute atomic E-state index is 1.24. The van der Waals surface area contributed by atoms with Gasteiger partial charge in [0.05, 0.1) is 0 Å². The molecule has 0 N–H and O–H groups in total. The van der Waals surface area contributed by atoms with Crippen LogP contribution in [0.1, 0.15) is 13.8 Å². The normalized spacial score (nSPS) is 11.3. The maximum atomic E-state index is 2.38. The van der Waals surface area contributed by atoms with Gasteiger partial charge in [-0.15, -0.1) is 0 Å². The predicted molar refractivity (Wildman–Crippen MR) is 227 cm³/mol. The highest BCUT2D eigenvalue weighted by atomic mass is 14.2. The van der Waals surface area contributed by atoms with Crippen molar-refractivity contribution in [2.45, 2.75) is 13.8 Å². The SMILES string of the molecule is CC.c1ccc(-c2c3ccccc3c(-c3ccc4cc(-c5c6ccccc6c(-c6ccccc6)c6ccccc56)ccc4c3)c3ccccc23)cc1. The van der Waals surface area contributed by atoms with E-state index in [2.05, 4.69) is 194 Å². The monoisotopic (exact) mass is 662 g/mol. The molecule has 0 aliphatic carbocycles. The number of benzene rings is 10. The quantitative estimate of drug-likeness (QED) is 0.165. The van der Waals surface area contributed by atoms with Crippen molar-refractivity contribution >= 4 is 53.9 Å². The molecule has 52 heavy (non-hydrogen) atoms. The summed E-state index contributed by atoms with van der Waals surface area (Å²) in [4.78, 5) is 0. The zero-order valence-corrected chi connectivity index (χ0v) is 29.5. The van der Waals surface area contributed by atoms with Crippen molar-refractivity contribution in [1.29, 1.82) is 0 Å². The van der Waals surface area contributed by atoms with Crippen LogP contribution in [0.5, 0.6) is 0 Å². The Bertz CT molecular complexity index is 2580. The van der Waals surface area contributed by atoms with Crippen molar-refractivity contribution in [3.63, 3.8) is 0 Å². The van der Waals surface area contributed by atoms with Gasteiger partial charge in [0, 0.05) is 0 Å². The second-order valence-corrected chi connectivity index (χ2v) is 13.2. The molecule has 0 atom stereocenters. The van der Waals surface area contributed by atoms with Gasteiger partial charge in [-0.2, -0.15) is 0 Å². The zero-order valence-electron chi connectivity index (χ0n) is 29.5. The molecule has 0 saturated heterocycles. The van der Waals surface area contributed by atoms with E-state index in [4.69, 9.17) is 0 Å². The van der Waals surface area contributed by atoms with E-state index in [0.717, 1.165) is 0 Å². The van der Waals surface area contributed by atoms with E-state index in [1.54, 1.807) is 0 Å². The van der Waals surface area contributed by atoms with E-state index >= 15 is 0 Å². The largest absolute Gasteiger partial charge is 0.0683 e. The maximum absolute atomic E-state index is 2.38. The van der Waals surface area contributed by atoms with Gasteiger partial charge < -0.3 is 0 Å². The van der Waals surface area contributed by atoms with E-state index in [1.165, 1.54) is 98.4 Å². The molecule has 0 fully saturated rings. The first kappa shape index (κ1) is 31.5. The van der Waals surface area contributed by atoms with Crippen LogP contribution in [-0.2, 0) is 0 Å². The molecular formula is C52H38. The molecule has 0 heteroatoms. The Balaban J connectivity index is 0.00000177. The molecule has 0 radical (unpaired) electrons. The number of hydrogen-bond acceptors (Lipinski definition) is 0. The summed E-state index contributed by atoms with van der Waals surface area (Å²) < 4.78 is 0. The second kappa shape index (κ2) is 13.3. The highest BCUT2D eigenvalue weighted by Gasteiger charge is 2.18. The number of rotatable bonds is 4. The van der Waals surface area contributed by atoms with E-state index in [9.17, 15) is 0 Å². The van der Waals surface area contributed by atoms with Gasteiger partial charge in [0.1, 0.15) is 0 Å². The summed E-state index contributed by atoms with van der Waals surface area (Å²) in [5.74, 6) is 0. The van der Waals surface area contributed by atoms with Crippen molar-refractivity contribution < 1.29 is 0 Å². The Morgan fingerprint density at radius 2 is 0.442 bits per heavy atom. The molecule has 0 amide bonds. The molecule has 0 nitrogen and oxygen atoms in total. The lowest BCUT2D eigenvalue weighted by Gasteiger charge is -2.19. The lowest BCUT2D eigenvalue weighted by Crippen LogP contribution is -1.91. The third-order valence-corrected chi connectivity index (χ3v) is 10.4. The molecular weight excluding hydrogens is 625 g/mol. The summed E-state index contributed by atoms with van der Waals surface area (Å²) in [7, 11) is 0. The van der Waals surface area contributed by atoms with Crippen LogP contribution in [0.3, 0.4) is 0 Å². The Hall–Kier alpha value is -6.50. The van der Waals surface area contributed by atoms with Crippen molar-refractivity contribution in [2.24, 2.45) is 0 Å². The molecule has 0 unspecified atom stereocenters. The first-order valence-corrected chi connectivity index (χ1v) is 18.4. The van der Waals surface area contributed by atoms with Gasteiger partial charge >= 0.3 is 0 Å². The predicted octanol–water partition coefficient (Wildman–Crippen LogP) is 15.1. The molecule has 0 aromatic heterocycles. The molecule has 0 aliphatic heterocycles. The fraction of sp³-hybridized carbons (Fsp3) is 0.0385. The van der Waals surface area contributed by atoms with Gasteiger partial charge in [0.2, 0.25) is 0 Å². The van der Waals surface area contributed by atoms with Crippen LogP contribution in [0, 0.1) is 0 Å². The minimum atomic E-state index is 1.24. The Morgan fingerprint density at radius 3 is 0.712 bits per heavy atom. The van der Waals surface area contributed by atoms with E-state index in [1.807, 2.05) is 13.8 Å². The Labute approximate surface area is 305 Å². The first-order valence-electron chi connectivity index (χ1n) is 18.4. The van der Waals surface area contributed by atoms with Gasteiger partial charge in [-0.3, -0.25) is 0 Å². The van der Waals surface area contributed by atoms with Crippen LogP contribution in [0.25, 0.3) is 98.4 Å². The molecule has 0 saturated carbocycles. The Kier molecular flexibility index (Phi) is 8.07. The topological polar surface area (TPSA) is 0 Å². The van der Waals surface area contributed by atoms with Gasteiger partial charge in [0.25, 0.3) is 0 Å². The van der Waals surface area contributed by atoms with Crippen LogP contribution in [0.2, 0.25) is 0 Å². The molecule has 0 spiro atoms. The van der Waals surface area contributed by atoms with Crippen LogP contribution >= 0.6 is 0 Å². The molecule has 10 aromatic rings. The number of fused-ring (bicyclic) bond motifs is 5. The van der Waals surface area contributed by atoms with Crippen molar-refractivity contribution in [3.05, 3.63) is 194 Å². The van der Waals surface area contributed by atoms with Crippen molar-refractivity contribution in [1.82, 2.24) is 0 Å². The lowest BCUT2D eigenvalue weighted by molar-refractivity contribution is 1.50. The third-order valence-electron chi connectivity index (χ3n) is 10.4. The van der Waals surface area contributed by atoms with Crippen LogP contribution in [-0.4, -0.2) is 0 Å². The van der Waals surface area contributed by atoms with E-state index in [0.29, 0.717) is 0 Å². The molecule has 10 aromatic carbocycles. The minimum Gasteiger partial charge on any atom is -0.0683 e. The fourth-order valence-electron chi connectivity index (χ4n) is 8.27. The molecule has 0 aliphatic rings. The summed E-state index contributed by atoms with van der Waals surface area (Å²) in [6.45, 7) is 4.00. The average molecular weight is 663 g/mol. The smallest absolute Gasteiger partial charge is 0.00262 e. The maximum Gasteiger partial charge on any atom is -0.00262 e. The molecule has 10 rings (SSSR count). The van der Waals surface area contributed by atoms with Crippen LogP contribution < -0.4 is 0 Å². The lowest BCUT2D eigenvalue weighted by atomic mass is 9.84. The van der Waals surface area contributed by atoms with Crippen molar-refractivity contribution in [3.8, 4) is 44.5 Å².